The summed E-state index contributed by atoms with van der Waals surface area (Å²) in [6.45, 7) is 0.568. The van der Waals surface area contributed by atoms with Crippen LogP contribution in [-0.2, 0) is 0 Å². The molecule has 0 aliphatic heterocycles. The van der Waals surface area contributed by atoms with Crippen molar-refractivity contribution in [1.29, 1.82) is 0 Å². The van der Waals surface area contributed by atoms with Gasteiger partial charge in [-0.15, -0.1) is 0 Å². The number of hydrogen-bond donors (Lipinski definition) is 1. The number of rotatable bonds is 4. The van der Waals surface area contributed by atoms with Gasteiger partial charge >= 0.3 is 0 Å². The minimum atomic E-state index is -0.133. The number of hydrogen-bond acceptors (Lipinski definition) is 2. The fourth-order valence-electron chi connectivity index (χ4n) is 1.08. The van der Waals surface area contributed by atoms with E-state index >= 15 is 0 Å². The molecule has 0 fully saturated rings. The Morgan fingerprint density at radius 3 is 2.57 bits per heavy atom. The Balaban J connectivity index is 2.57. The Morgan fingerprint density at radius 1 is 1.36 bits per heavy atom. The van der Waals surface area contributed by atoms with Crippen LogP contribution >= 0.6 is 15.9 Å². The van der Waals surface area contributed by atoms with Gasteiger partial charge in [0.15, 0.2) is 0 Å². The predicted molar refractivity (Wildman–Crippen MR) is 60.1 cm³/mol. The van der Waals surface area contributed by atoms with Gasteiger partial charge in [0, 0.05) is 17.4 Å². The van der Waals surface area contributed by atoms with Crippen molar-refractivity contribution in [3.8, 4) is 0 Å². The number of amides is 1. The first kappa shape index (κ1) is 11.2. The Labute approximate surface area is 92.0 Å². The summed E-state index contributed by atoms with van der Waals surface area (Å²) >= 11 is 3.29. The largest absolute Gasteiger partial charge is 0.277 e. The zero-order chi connectivity index (χ0) is 10.4. The van der Waals surface area contributed by atoms with Crippen molar-refractivity contribution in [2.45, 2.75) is 6.42 Å². The molecule has 1 amide bonds. The lowest BCUT2D eigenvalue weighted by atomic mass is 10.2. The number of carbonyl (C=O) groups excluding carboxylic acids is 1. The van der Waals surface area contributed by atoms with E-state index in [1.54, 1.807) is 12.1 Å². The number of carbonyl (C=O) groups is 1. The summed E-state index contributed by atoms with van der Waals surface area (Å²) in [5.41, 5.74) is 0.629. The summed E-state index contributed by atoms with van der Waals surface area (Å²) in [6, 6.07) is 9.04. The quantitative estimate of drug-likeness (QED) is 0.387. The molecule has 0 aromatic heterocycles. The Kier molecular flexibility index (Phi) is 4.62. The molecule has 1 rings (SSSR count). The van der Waals surface area contributed by atoms with Gasteiger partial charge in [0.25, 0.3) is 5.91 Å². The highest BCUT2D eigenvalue weighted by atomic mass is 79.9. The summed E-state index contributed by atoms with van der Waals surface area (Å²) in [4.78, 5) is 11.6. The summed E-state index contributed by atoms with van der Waals surface area (Å²) in [6.07, 6.45) is 0.856. The van der Waals surface area contributed by atoms with Crippen LogP contribution in [0.15, 0.2) is 30.3 Å². The van der Waals surface area contributed by atoms with E-state index in [0.29, 0.717) is 12.1 Å². The van der Waals surface area contributed by atoms with E-state index < -0.39 is 0 Å². The average molecular weight is 257 g/mol. The number of halogens is 1. The number of alkyl halides is 1. The monoisotopic (exact) mass is 256 g/mol. The van der Waals surface area contributed by atoms with Gasteiger partial charge in [-0.25, -0.2) is 5.84 Å². The molecule has 1 aromatic rings. The minimum absolute atomic E-state index is 0.133. The van der Waals surface area contributed by atoms with Crippen LogP contribution in [0, 0.1) is 0 Å². The second kappa shape index (κ2) is 5.78. The summed E-state index contributed by atoms with van der Waals surface area (Å²) in [5.74, 6) is 5.47. The number of nitrogens with two attached hydrogens (primary N) is 1. The molecular weight excluding hydrogens is 244 g/mol. The van der Waals surface area contributed by atoms with Gasteiger partial charge < -0.3 is 0 Å². The molecule has 4 heteroatoms. The Morgan fingerprint density at radius 2 is 2.00 bits per heavy atom. The molecule has 0 aliphatic rings. The molecule has 0 aliphatic carbocycles. The van der Waals surface area contributed by atoms with Crippen LogP contribution in [0.1, 0.15) is 16.8 Å². The topological polar surface area (TPSA) is 46.3 Å². The molecule has 0 heterocycles. The van der Waals surface area contributed by atoms with Crippen LogP contribution in [0.25, 0.3) is 0 Å². The maximum absolute atomic E-state index is 11.6. The fourth-order valence-corrected chi connectivity index (χ4v) is 1.33. The molecular formula is C10H13BrN2O. The minimum Gasteiger partial charge on any atom is -0.277 e. The van der Waals surface area contributed by atoms with Crippen LogP contribution in [0.2, 0.25) is 0 Å². The normalized spacial score (nSPS) is 9.86. The van der Waals surface area contributed by atoms with Crippen molar-refractivity contribution in [1.82, 2.24) is 5.01 Å². The predicted octanol–water partition coefficient (Wildman–Crippen LogP) is 1.79. The van der Waals surface area contributed by atoms with Gasteiger partial charge in [-0.05, 0) is 18.6 Å². The fraction of sp³-hybridized carbons (Fsp3) is 0.300. The summed E-state index contributed by atoms with van der Waals surface area (Å²) < 4.78 is 0. The first-order valence-electron chi connectivity index (χ1n) is 4.43. The van der Waals surface area contributed by atoms with Gasteiger partial charge in [0.1, 0.15) is 0 Å². The highest BCUT2D eigenvalue weighted by molar-refractivity contribution is 9.09. The number of hydrazine groups is 1. The molecule has 0 spiro atoms. The van der Waals surface area contributed by atoms with Gasteiger partial charge in [0.2, 0.25) is 0 Å². The third-order valence-electron chi connectivity index (χ3n) is 1.81. The van der Waals surface area contributed by atoms with E-state index in [1.807, 2.05) is 18.2 Å². The lowest BCUT2D eigenvalue weighted by molar-refractivity contribution is 0.0756. The average Bonchev–Trinajstić information content (AvgIpc) is 2.26. The zero-order valence-electron chi connectivity index (χ0n) is 7.82. The first-order valence-corrected chi connectivity index (χ1v) is 5.55. The van der Waals surface area contributed by atoms with Gasteiger partial charge in [-0.3, -0.25) is 9.80 Å². The van der Waals surface area contributed by atoms with Crippen LogP contribution < -0.4 is 5.84 Å². The maximum atomic E-state index is 11.6. The molecule has 3 nitrogen and oxygen atoms in total. The Bertz CT molecular complexity index is 289. The van der Waals surface area contributed by atoms with E-state index in [-0.39, 0.29) is 5.91 Å². The summed E-state index contributed by atoms with van der Waals surface area (Å²) in [7, 11) is 0. The standard InChI is InChI=1S/C10H13BrN2O/c11-7-4-8-13(12)10(14)9-5-2-1-3-6-9/h1-3,5-6H,4,7-8,12H2. The molecule has 0 atom stereocenters. The van der Waals surface area contributed by atoms with Crippen LogP contribution in [0.5, 0.6) is 0 Å². The highest BCUT2D eigenvalue weighted by Gasteiger charge is 2.10. The second-order valence-electron chi connectivity index (χ2n) is 2.91. The summed E-state index contributed by atoms with van der Waals surface area (Å²) in [5, 5.41) is 2.10. The third-order valence-corrected chi connectivity index (χ3v) is 2.37. The lowest BCUT2D eigenvalue weighted by Gasteiger charge is -2.15. The molecule has 76 valence electrons. The first-order chi connectivity index (χ1) is 6.75. The van der Waals surface area contributed by atoms with E-state index in [0.717, 1.165) is 11.8 Å². The molecule has 0 bridgehead atoms. The second-order valence-corrected chi connectivity index (χ2v) is 3.70. The highest BCUT2D eigenvalue weighted by Crippen LogP contribution is 2.02. The molecule has 0 unspecified atom stereocenters. The maximum Gasteiger partial charge on any atom is 0.267 e. The van der Waals surface area contributed by atoms with Crippen molar-refractivity contribution in [2.75, 3.05) is 11.9 Å². The number of nitrogens with zero attached hydrogens (tertiary/aromatic N) is 1. The van der Waals surface area contributed by atoms with Crippen molar-refractivity contribution in [3.05, 3.63) is 35.9 Å². The van der Waals surface area contributed by atoms with Gasteiger partial charge in [-0.2, -0.15) is 0 Å². The lowest BCUT2D eigenvalue weighted by Crippen LogP contribution is -2.38. The SMILES string of the molecule is NN(CCCBr)C(=O)c1ccccc1. The van der Waals surface area contributed by atoms with E-state index in [9.17, 15) is 4.79 Å². The van der Waals surface area contributed by atoms with Gasteiger partial charge in [-0.1, -0.05) is 34.1 Å². The number of benzene rings is 1. The molecule has 2 N–H and O–H groups in total. The van der Waals surface area contributed by atoms with Crippen LogP contribution in [0.3, 0.4) is 0 Å². The molecule has 14 heavy (non-hydrogen) atoms. The van der Waals surface area contributed by atoms with Gasteiger partial charge in [0.05, 0.1) is 0 Å². The molecule has 1 aromatic carbocycles. The molecule has 0 saturated carbocycles. The van der Waals surface area contributed by atoms with E-state index in [1.165, 1.54) is 5.01 Å². The van der Waals surface area contributed by atoms with Crippen molar-refractivity contribution in [3.63, 3.8) is 0 Å². The van der Waals surface area contributed by atoms with Crippen molar-refractivity contribution in [2.24, 2.45) is 5.84 Å². The van der Waals surface area contributed by atoms with Crippen LogP contribution in [0.4, 0.5) is 0 Å². The smallest absolute Gasteiger partial charge is 0.267 e. The van der Waals surface area contributed by atoms with Crippen molar-refractivity contribution < 1.29 is 4.79 Å². The zero-order valence-corrected chi connectivity index (χ0v) is 9.40. The van der Waals surface area contributed by atoms with Crippen LogP contribution in [-0.4, -0.2) is 22.8 Å². The van der Waals surface area contributed by atoms with E-state index in [4.69, 9.17) is 5.84 Å². The molecule has 0 radical (unpaired) electrons. The van der Waals surface area contributed by atoms with E-state index in [2.05, 4.69) is 15.9 Å². The third kappa shape index (κ3) is 3.12. The molecule has 0 saturated heterocycles. The van der Waals surface area contributed by atoms with Crippen molar-refractivity contribution >= 4 is 21.8 Å². The Hall–Kier alpha value is -0.870.